The molecule has 0 heterocycles. The number of carbonyl (C=O) groups is 1. The Labute approximate surface area is 186 Å². The van der Waals surface area contributed by atoms with Gasteiger partial charge in [0.2, 0.25) is 0 Å². The molecule has 0 aliphatic rings. The molecule has 0 aliphatic carbocycles. The van der Waals surface area contributed by atoms with Crippen LogP contribution in [0.15, 0.2) is 52.3 Å². The lowest BCUT2D eigenvalue weighted by Gasteiger charge is -2.32. The van der Waals surface area contributed by atoms with Gasteiger partial charge in [0.15, 0.2) is 0 Å². The molecular weight excluding hydrogens is 426 g/mol. The molecule has 2 aromatic carbocycles. The summed E-state index contributed by atoms with van der Waals surface area (Å²) in [6.07, 6.45) is 0.0286. The van der Waals surface area contributed by atoms with E-state index >= 15 is 0 Å². The molecule has 0 fully saturated rings. The molecule has 0 saturated heterocycles. The number of amides is 1. The number of carbonyl (C=O) groups excluding carboxylic acids is 1. The Balaban J connectivity index is 2.04. The Morgan fingerprint density at radius 2 is 1.67 bits per heavy atom. The van der Waals surface area contributed by atoms with Gasteiger partial charge in [-0.25, -0.2) is 4.79 Å². The van der Waals surface area contributed by atoms with Crippen LogP contribution >= 0.6 is 23.4 Å². The number of hydrogen-bond acceptors (Lipinski definition) is 6. The van der Waals surface area contributed by atoms with Crippen molar-refractivity contribution in [3.05, 3.63) is 53.1 Å². The molecule has 1 amide bonds. The predicted octanol–water partition coefficient (Wildman–Crippen LogP) is 4.38. The van der Waals surface area contributed by atoms with Crippen LogP contribution in [0.25, 0.3) is 0 Å². The summed E-state index contributed by atoms with van der Waals surface area (Å²) in [6, 6.07) is 12.5. The Hall–Kier alpha value is -1.93. The molecule has 0 radical (unpaired) electrons. The highest BCUT2D eigenvalue weighted by Crippen LogP contribution is 2.32. The van der Waals surface area contributed by atoms with Crippen LogP contribution < -0.4 is 5.32 Å². The fraction of sp³-hybridized carbons (Fsp3) is 0.409. The molecule has 0 spiro atoms. The molecule has 6 nitrogen and oxygen atoms in total. The number of phenols is 1. The maximum atomic E-state index is 12.1. The van der Waals surface area contributed by atoms with Crippen molar-refractivity contribution in [1.82, 2.24) is 5.32 Å². The van der Waals surface area contributed by atoms with Gasteiger partial charge in [-0.15, -0.1) is 0 Å². The maximum Gasteiger partial charge on any atom is 0.408 e. The number of ether oxygens (including phenoxy) is 1. The molecule has 8 heteroatoms. The molecular formula is C22H28ClNO5S. The summed E-state index contributed by atoms with van der Waals surface area (Å²) < 4.78 is 5.24. The molecule has 164 valence electrons. The zero-order valence-electron chi connectivity index (χ0n) is 17.3. The first-order chi connectivity index (χ1) is 14.1. The second-order valence-electron chi connectivity index (χ2n) is 8.07. The lowest BCUT2D eigenvalue weighted by molar-refractivity contribution is 0.0276. The van der Waals surface area contributed by atoms with Crippen molar-refractivity contribution in [2.45, 2.75) is 54.5 Å². The van der Waals surface area contributed by atoms with Crippen molar-refractivity contribution in [2.75, 3.05) is 13.2 Å². The molecule has 0 saturated carbocycles. The third-order valence-corrected chi connectivity index (χ3v) is 5.69. The van der Waals surface area contributed by atoms with Crippen LogP contribution in [0.1, 0.15) is 32.8 Å². The van der Waals surface area contributed by atoms with E-state index in [2.05, 4.69) is 5.32 Å². The van der Waals surface area contributed by atoms with Crippen LogP contribution in [-0.2, 0) is 11.2 Å². The number of halogens is 1. The SMILES string of the molecule is CC(C)(C)OC(=O)NC(CO)(CO)CCc1ccc(Sc2ccc(O)cc2)cc1Cl. The normalized spacial score (nSPS) is 11.9. The van der Waals surface area contributed by atoms with Gasteiger partial charge in [0.1, 0.15) is 11.4 Å². The smallest absolute Gasteiger partial charge is 0.408 e. The third kappa shape index (κ3) is 7.40. The molecule has 2 rings (SSSR count). The fourth-order valence-electron chi connectivity index (χ4n) is 2.69. The Kier molecular flexibility index (Phi) is 8.43. The van der Waals surface area contributed by atoms with E-state index in [1.165, 1.54) is 11.8 Å². The number of rotatable bonds is 8. The number of aliphatic hydroxyl groups is 2. The summed E-state index contributed by atoms with van der Waals surface area (Å²) >= 11 is 7.95. The number of aliphatic hydroxyl groups excluding tert-OH is 2. The molecule has 0 aliphatic heterocycles. The van der Waals surface area contributed by atoms with Crippen molar-refractivity contribution >= 4 is 29.5 Å². The van der Waals surface area contributed by atoms with Gasteiger partial charge in [-0.05, 0) is 75.6 Å². The Bertz CT molecular complexity index is 848. The van der Waals surface area contributed by atoms with Gasteiger partial charge in [-0.1, -0.05) is 29.4 Å². The van der Waals surface area contributed by atoms with E-state index in [1.54, 1.807) is 32.9 Å². The highest BCUT2D eigenvalue weighted by atomic mass is 35.5. The van der Waals surface area contributed by atoms with Gasteiger partial charge in [-0.2, -0.15) is 0 Å². The number of benzene rings is 2. The summed E-state index contributed by atoms with van der Waals surface area (Å²) in [4.78, 5) is 14.0. The van der Waals surface area contributed by atoms with Crippen LogP contribution in [-0.4, -0.2) is 45.8 Å². The first-order valence-electron chi connectivity index (χ1n) is 9.54. The first kappa shape index (κ1) is 24.3. The van der Waals surface area contributed by atoms with E-state index in [9.17, 15) is 20.1 Å². The van der Waals surface area contributed by atoms with Gasteiger partial charge in [-0.3, -0.25) is 0 Å². The quantitative estimate of drug-likeness (QED) is 0.473. The van der Waals surface area contributed by atoms with Gasteiger partial charge in [0.05, 0.1) is 18.8 Å². The molecule has 0 aromatic heterocycles. The number of nitrogens with one attached hydrogen (secondary N) is 1. The number of aromatic hydroxyl groups is 1. The fourth-order valence-corrected chi connectivity index (χ4v) is 3.89. The number of hydrogen-bond donors (Lipinski definition) is 4. The Morgan fingerprint density at radius 3 is 2.20 bits per heavy atom. The Morgan fingerprint density at radius 1 is 1.07 bits per heavy atom. The zero-order valence-corrected chi connectivity index (χ0v) is 18.9. The van der Waals surface area contributed by atoms with E-state index in [0.29, 0.717) is 11.4 Å². The highest BCUT2D eigenvalue weighted by Gasteiger charge is 2.32. The van der Waals surface area contributed by atoms with Gasteiger partial charge in [0.25, 0.3) is 0 Å². The molecule has 0 bridgehead atoms. The molecule has 0 atom stereocenters. The minimum atomic E-state index is -1.22. The van der Waals surface area contributed by atoms with Gasteiger partial charge < -0.3 is 25.4 Å². The second kappa shape index (κ2) is 10.4. The van der Waals surface area contributed by atoms with Gasteiger partial charge >= 0.3 is 6.09 Å². The monoisotopic (exact) mass is 453 g/mol. The van der Waals surface area contributed by atoms with Crippen LogP contribution in [0.3, 0.4) is 0 Å². The van der Waals surface area contributed by atoms with Crippen LogP contribution in [0.5, 0.6) is 5.75 Å². The largest absolute Gasteiger partial charge is 0.508 e. The summed E-state index contributed by atoms with van der Waals surface area (Å²) in [5.41, 5.74) is -1.07. The summed E-state index contributed by atoms with van der Waals surface area (Å²) in [5, 5.41) is 32.2. The average Bonchev–Trinajstić information content (AvgIpc) is 2.66. The lowest BCUT2D eigenvalue weighted by atomic mass is 9.93. The number of phenolic OH excluding ortho intramolecular Hbond substituents is 1. The zero-order chi connectivity index (χ0) is 22.4. The predicted molar refractivity (Wildman–Crippen MR) is 118 cm³/mol. The van der Waals surface area contributed by atoms with Crippen molar-refractivity contribution in [1.29, 1.82) is 0 Å². The lowest BCUT2D eigenvalue weighted by Crippen LogP contribution is -2.55. The minimum Gasteiger partial charge on any atom is -0.508 e. The summed E-state index contributed by atoms with van der Waals surface area (Å²) in [7, 11) is 0. The molecule has 30 heavy (non-hydrogen) atoms. The van der Waals surface area contributed by atoms with Crippen LogP contribution in [0.2, 0.25) is 5.02 Å². The van der Waals surface area contributed by atoms with Crippen molar-refractivity contribution in [2.24, 2.45) is 0 Å². The molecule has 0 unspecified atom stereocenters. The second-order valence-corrected chi connectivity index (χ2v) is 9.63. The maximum absolute atomic E-state index is 12.1. The number of alkyl carbamates (subject to hydrolysis) is 1. The number of aryl methyl sites for hydroxylation is 1. The van der Waals surface area contributed by atoms with Crippen molar-refractivity contribution in [3.8, 4) is 5.75 Å². The highest BCUT2D eigenvalue weighted by molar-refractivity contribution is 7.99. The average molecular weight is 454 g/mol. The minimum absolute atomic E-state index is 0.212. The summed E-state index contributed by atoms with van der Waals surface area (Å²) in [5.74, 6) is 0.212. The topological polar surface area (TPSA) is 99.0 Å². The van der Waals surface area contributed by atoms with E-state index in [4.69, 9.17) is 16.3 Å². The molecule has 4 N–H and O–H groups in total. The summed E-state index contributed by atoms with van der Waals surface area (Å²) in [6.45, 7) is 4.35. The first-order valence-corrected chi connectivity index (χ1v) is 10.7. The van der Waals surface area contributed by atoms with Crippen molar-refractivity contribution in [3.63, 3.8) is 0 Å². The van der Waals surface area contributed by atoms with Crippen LogP contribution in [0.4, 0.5) is 4.79 Å². The molecule has 2 aromatic rings. The van der Waals surface area contributed by atoms with E-state index in [0.717, 1.165) is 15.4 Å². The van der Waals surface area contributed by atoms with E-state index in [1.807, 2.05) is 30.3 Å². The van der Waals surface area contributed by atoms with E-state index in [-0.39, 0.29) is 12.2 Å². The third-order valence-electron chi connectivity index (χ3n) is 4.34. The van der Waals surface area contributed by atoms with Gasteiger partial charge in [0, 0.05) is 14.8 Å². The van der Waals surface area contributed by atoms with Crippen LogP contribution in [0, 0.1) is 0 Å². The van der Waals surface area contributed by atoms with Crippen molar-refractivity contribution < 1.29 is 24.9 Å². The van der Waals surface area contributed by atoms with E-state index < -0.39 is 30.4 Å². The standard InChI is InChI=1S/C22H28ClNO5S/c1-21(2,3)29-20(28)24-22(13-25,14-26)11-10-15-4-7-18(12-19(15)23)30-17-8-5-16(27)6-9-17/h4-9,12,25-27H,10-11,13-14H2,1-3H3,(H,24,28).